The number of aliphatic carboxylic acids is 1. The van der Waals surface area contributed by atoms with Crippen LogP contribution in [0.2, 0.25) is 0 Å². The molecule has 19 heavy (non-hydrogen) atoms. The molecule has 0 aliphatic carbocycles. The van der Waals surface area contributed by atoms with E-state index in [-0.39, 0.29) is 12.1 Å². The van der Waals surface area contributed by atoms with Gasteiger partial charge in [0.15, 0.2) is 0 Å². The van der Waals surface area contributed by atoms with Crippen LogP contribution in [0.3, 0.4) is 0 Å². The number of carboxylic acid groups (broad SMARTS) is 1. The highest BCUT2D eigenvalue weighted by atomic mass is 16.5. The molecular weight excluding hydrogens is 242 g/mol. The van der Waals surface area contributed by atoms with Gasteiger partial charge < -0.3 is 9.84 Å². The van der Waals surface area contributed by atoms with Crippen molar-refractivity contribution in [3.05, 3.63) is 35.9 Å². The summed E-state index contributed by atoms with van der Waals surface area (Å²) in [7, 11) is 0. The van der Waals surface area contributed by atoms with Gasteiger partial charge in [-0.1, -0.05) is 37.3 Å². The molecule has 1 N–H and O–H groups in total. The fourth-order valence-corrected chi connectivity index (χ4v) is 2.65. The van der Waals surface area contributed by atoms with Crippen molar-refractivity contribution >= 4 is 5.97 Å². The molecule has 0 bridgehead atoms. The fourth-order valence-electron chi connectivity index (χ4n) is 2.65. The number of benzene rings is 1. The minimum Gasteiger partial charge on any atom is -0.480 e. The van der Waals surface area contributed by atoms with Crippen LogP contribution in [0.1, 0.15) is 31.9 Å². The monoisotopic (exact) mass is 263 g/mol. The molecule has 1 aliphatic heterocycles. The summed E-state index contributed by atoms with van der Waals surface area (Å²) in [5, 5.41) is 9.60. The predicted octanol–water partition coefficient (Wildman–Crippen LogP) is 2.31. The van der Waals surface area contributed by atoms with E-state index in [1.807, 2.05) is 37.3 Å². The van der Waals surface area contributed by atoms with Crippen LogP contribution in [0.15, 0.2) is 30.3 Å². The van der Waals surface area contributed by atoms with Gasteiger partial charge in [-0.3, -0.25) is 9.69 Å². The molecule has 0 spiro atoms. The number of ether oxygens (including phenoxy) is 1. The Balaban J connectivity index is 2.29. The SMILES string of the molecule is CCC1COC(C)CN1C(C(=O)O)c1ccccc1. The van der Waals surface area contributed by atoms with Crippen molar-refractivity contribution in [3.63, 3.8) is 0 Å². The van der Waals surface area contributed by atoms with Crippen LogP contribution >= 0.6 is 0 Å². The minimum absolute atomic E-state index is 0.0772. The van der Waals surface area contributed by atoms with Crippen LogP contribution in [0.25, 0.3) is 0 Å². The van der Waals surface area contributed by atoms with E-state index in [0.717, 1.165) is 12.0 Å². The number of carbonyl (C=O) groups is 1. The minimum atomic E-state index is -0.793. The van der Waals surface area contributed by atoms with Crippen molar-refractivity contribution in [2.45, 2.75) is 38.5 Å². The van der Waals surface area contributed by atoms with Gasteiger partial charge in [-0.15, -0.1) is 0 Å². The topological polar surface area (TPSA) is 49.8 Å². The first-order chi connectivity index (χ1) is 9.13. The highest BCUT2D eigenvalue weighted by molar-refractivity contribution is 5.75. The Labute approximate surface area is 114 Å². The molecule has 104 valence electrons. The Bertz CT molecular complexity index is 421. The molecule has 1 aliphatic rings. The Morgan fingerprint density at radius 3 is 2.74 bits per heavy atom. The molecule has 0 aromatic heterocycles. The van der Waals surface area contributed by atoms with Crippen LogP contribution in [0, 0.1) is 0 Å². The van der Waals surface area contributed by atoms with E-state index < -0.39 is 12.0 Å². The first kappa shape index (κ1) is 14.0. The molecule has 4 nitrogen and oxygen atoms in total. The van der Waals surface area contributed by atoms with Crippen LogP contribution in [-0.2, 0) is 9.53 Å². The highest BCUT2D eigenvalue weighted by Gasteiger charge is 2.35. The van der Waals surface area contributed by atoms with Crippen molar-refractivity contribution in [2.24, 2.45) is 0 Å². The van der Waals surface area contributed by atoms with Crippen LogP contribution in [0.4, 0.5) is 0 Å². The van der Waals surface area contributed by atoms with Gasteiger partial charge in [0.1, 0.15) is 6.04 Å². The lowest BCUT2D eigenvalue weighted by molar-refractivity contribution is -0.150. The highest BCUT2D eigenvalue weighted by Crippen LogP contribution is 2.27. The van der Waals surface area contributed by atoms with E-state index in [1.54, 1.807) is 0 Å². The van der Waals surface area contributed by atoms with Gasteiger partial charge in [-0.2, -0.15) is 0 Å². The lowest BCUT2D eigenvalue weighted by Gasteiger charge is -2.41. The second kappa shape index (κ2) is 6.17. The Hall–Kier alpha value is -1.39. The summed E-state index contributed by atoms with van der Waals surface area (Å²) in [6.45, 7) is 5.32. The number of carboxylic acids is 1. The van der Waals surface area contributed by atoms with Gasteiger partial charge in [0.2, 0.25) is 0 Å². The third-order valence-corrected chi connectivity index (χ3v) is 3.66. The van der Waals surface area contributed by atoms with E-state index in [1.165, 1.54) is 0 Å². The zero-order chi connectivity index (χ0) is 13.8. The Kier molecular flexibility index (Phi) is 4.56. The second-order valence-electron chi connectivity index (χ2n) is 5.05. The Morgan fingerprint density at radius 1 is 1.47 bits per heavy atom. The number of hydrogen-bond acceptors (Lipinski definition) is 3. The van der Waals surface area contributed by atoms with Crippen LogP contribution in [0.5, 0.6) is 0 Å². The van der Waals surface area contributed by atoms with Gasteiger partial charge in [0, 0.05) is 12.6 Å². The second-order valence-corrected chi connectivity index (χ2v) is 5.05. The number of nitrogens with zero attached hydrogens (tertiary/aromatic N) is 1. The zero-order valence-electron chi connectivity index (χ0n) is 11.5. The normalized spacial score (nSPS) is 26.0. The maximum absolute atomic E-state index is 11.7. The van der Waals surface area contributed by atoms with Gasteiger partial charge in [0.05, 0.1) is 12.7 Å². The summed E-state index contributed by atoms with van der Waals surface area (Å²) in [5.74, 6) is -0.793. The average molecular weight is 263 g/mol. The lowest BCUT2D eigenvalue weighted by Crippen LogP contribution is -2.51. The number of hydrogen-bond donors (Lipinski definition) is 1. The van der Waals surface area contributed by atoms with E-state index in [4.69, 9.17) is 4.74 Å². The lowest BCUT2D eigenvalue weighted by atomic mass is 10.0. The standard InChI is InChI=1S/C15H21NO3/c1-3-13-10-19-11(2)9-16(13)14(15(17)18)12-7-5-4-6-8-12/h4-8,11,13-14H,3,9-10H2,1-2H3,(H,17,18). The van der Waals surface area contributed by atoms with E-state index in [9.17, 15) is 9.90 Å². The van der Waals surface area contributed by atoms with Crippen molar-refractivity contribution in [2.75, 3.05) is 13.2 Å². The van der Waals surface area contributed by atoms with Gasteiger partial charge >= 0.3 is 5.97 Å². The molecule has 2 rings (SSSR count). The van der Waals surface area contributed by atoms with Crippen molar-refractivity contribution < 1.29 is 14.6 Å². The van der Waals surface area contributed by atoms with Gasteiger partial charge in [0.25, 0.3) is 0 Å². The molecule has 4 heteroatoms. The molecule has 3 atom stereocenters. The largest absolute Gasteiger partial charge is 0.480 e. The first-order valence-electron chi connectivity index (χ1n) is 6.78. The predicted molar refractivity (Wildman–Crippen MR) is 73.0 cm³/mol. The number of rotatable bonds is 4. The maximum atomic E-state index is 11.7. The summed E-state index contributed by atoms with van der Waals surface area (Å²) in [4.78, 5) is 13.7. The molecule has 1 saturated heterocycles. The van der Waals surface area contributed by atoms with Crippen molar-refractivity contribution in [1.29, 1.82) is 0 Å². The molecule has 1 fully saturated rings. The molecule has 1 aromatic carbocycles. The zero-order valence-corrected chi connectivity index (χ0v) is 11.5. The molecular formula is C15H21NO3. The smallest absolute Gasteiger partial charge is 0.325 e. The van der Waals surface area contributed by atoms with E-state index >= 15 is 0 Å². The van der Waals surface area contributed by atoms with Crippen molar-refractivity contribution in [1.82, 2.24) is 4.90 Å². The van der Waals surface area contributed by atoms with Gasteiger partial charge in [-0.25, -0.2) is 0 Å². The quantitative estimate of drug-likeness (QED) is 0.905. The summed E-state index contributed by atoms with van der Waals surface area (Å²) < 4.78 is 5.64. The summed E-state index contributed by atoms with van der Waals surface area (Å²) in [6.07, 6.45) is 0.969. The fraction of sp³-hybridized carbons (Fsp3) is 0.533. The molecule has 0 saturated carbocycles. The van der Waals surface area contributed by atoms with Crippen LogP contribution < -0.4 is 0 Å². The van der Waals surface area contributed by atoms with Crippen LogP contribution in [-0.4, -0.2) is 41.3 Å². The third-order valence-electron chi connectivity index (χ3n) is 3.66. The summed E-state index contributed by atoms with van der Waals surface area (Å²) >= 11 is 0. The van der Waals surface area contributed by atoms with Gasteiger partial charge in [-0.05, 0) is 18.9 Å². The van der Waals surface area contributed by atoms with E-state index in [2.05, 4.69) is 11.8 Å². The third kappa shape index (κ3) is 3.14. The van der Waals surface area contributed by atoms with E-state index in [0.29, 0.717) is 13.2 Å². The first-order valence-corrected chi connectivity index (χ1v) is 6.78. The molecule has 1 heterocycles. The number of morpholine rings is 1. The molecule has 0 radical (unpaired) electrons. The summed E-state index contributed by atoms with van der Waals surface area (Å²) in [5.41, 5.74) is 0.836. The molecule has 0 amide bonds. The van der Waals surface area contributed by atoms with Crippen molar-refractivity contribution in [3.8, 4) is 0 Å². The summed E-state index contributed by atoms with van der Waals surface area (Å²) in [6, 6.07) is 9.01. The average Bonchev–Trinajstić information content (AvgIpc) is 2.40. The molecule has 3 unspecified atom stereocenters. The maximum Gasteiger partial charge on any atom is 0.325 e. The molecule has 1 aromatic rings. The Morgan fingerprint density at radius 2 is 2.16 bits per heavy atom.